The van der Waals surface area contributed by atoms with E-state index in [1.807, 2.05) is 6.07 Å². The molecule has 3 amide bonds. The van der Waals surface area contributed by atoms with E-state index in [0.29, 0.717) is 36.5 Å². The Labute approximate surface area is 205 Å². The van der Waals surface area contributed by atoms with Crippen LogP contribution in [0.15, 0.2) is 48.5 Å². The van der Waals surface area contributed by atoms with Gasteiger partial charge in [-0.15, -0.1) is 0 Å². The number of hydrogen-bond donors (Lipinski definition) is 2. The van der Waals surface area contributed by atoms with Crippen molar-refractivity contribution in [3.63, 3.8) is 0 Å². The minimum Gasteiger partial charge on any atom is -0.322 e. The van der Waals surface area contributed by atoms with Crippen LogP contribution in [-0.4, -0.2) is 58.7 Å². The quantitative estimate of drug-likeness (QED) is 0.669. The van der Waals surface area contributed by atoms with E-state index in [0.717, 1.165) is 44.5 Å². The first-order chi connectivity index (χ1) is 17.0. The molecule has 35 heavy (non-hydrogen) atoms. The van der Waals surface area contributed by atoms with Gasteiger partial charge in [-0.2, -0.15) is 0 Å². The van der Waals surface area contributed by atoms with Crippen LogP contribution in [0.3, 0.4) is 0 Å². The predicted molar refractivity (Wildman–Crippen MR) is 132 cm³/mol. The van der Waals surface area contributed by atoms with Crippen LogP contribution < -0.4 is 10.6 Å². The second-order valence-corrected chi connectivity index (χ2v) is 10.5. The first kappa shape index (κ1) is 22.4. The van der Waals surface area contributed by atoms with Gasteiger partial charge < -0.3 is 10.2 Å². The highest BCUT2D eigenvalue weighted by Gasteiger charge is 2.40. The predicted octanol–water partition coefficient (Wildman–Crippen LogP) is 2.56. The fourth-order valence-corrected chi connectivity index (χ4v) is 6.46. The average Bonchev–Trinajstić information content (AvgIpc) is 2.96. The van der Waals surface area contributed by atoms with E-state index in [4.69, 9.17) is 0 Å². The molecule has 0 saturated carbocycles. The lowest BCUT2D eigenvalue weighted by Crippen LogP contribution is -2.52. The van der Waals surface area contributed by atoms with Gasteiger partial charge in [-0.3, -0.25) is 24.6 Å². The fraction of sp³-hybridized carbons (Fsp3) is 0.464. The summed E-state index contributed by atoms with van der Waals surface area (Å²) >= 11 is 0. The van der Waals surface area contributed by atoms with Crippen molar-refractivity contribution in [2.24, 2.45) is 0 Å². The maximum atomic E-state index is 13.1. The van der Waals surface area contributed by atoms with E-state index in [2.05, 4.69) is 58.0 Å². The molecule has 2 aromatic carbocycles. The minimum atomic E-state index is -0.566. The van der Waals surface area contributed by atoms with Crippen LogP contribution in [0.25, 0.3) is 0 Å². The molecule has 0 aliphatic carbocycles. The van der Waals surface area contributed by atoms with Gasteiger partial charge in [-0.05, 0) is 60.9 Å². The van der Waals surface area contributed by atoms with Gasteiger partial charge in [0, 0.05) is 43.7 Å². The van der Waals surface area contributed by atoms with Gasteiger partial charge in [0.05, 0.1) is 0 Å². The topological polar surface area (TPSA) is 81.8 Å². The monoisotopic (exact) mass is 472 g/mol. The molecular weight excluding hydrogens is 440 g/mol. The van der Waals surface area contributed by atoms with Crippen LogP contribution in [-0.2, 0) is 22.7 Å². The molecule has 2 bridgehead atoms. The van der Waals surface area contributed by atoms with Crippen LogP contribution in [0.5, 0.6) is 0 Å². The Morgan fingerprint density at radius 3 is 2.66 bits per heavy atom. The smallest absolute Gasteiger partial charge is 0.255 e. The Hall–Kier alpha value is -3.03. The van der Waals surface area contributed by atoms with Crippen molar-refractivity contribution in [1.82, 2.24) is 20.4 Å². The summed E-state index contributed by atoms with van der Waals surface area (Å²) in [7, 11) is 0. The van der Waals surface area contributed by atoms with Gasteiger partial charge in [0.1, 0.15) is 6.04 Å². The number of piperidine rings is 1. The standard InChI is InChI=1S/C28H32N4O3/c33-26-9-8-25(27(34)30-26)32-16-21-12-19(6-7-24(21)28(32)35)20-13-22-17-31(23(14-20)10-11-29-22)15-18-4-2-1-3-5-18/h1-7,12,20,22-23,25,29H,8-11,13-17H2,(H,30,33,34)/t20?,22?,23-,25?/m1/s1. The largest absolute Gasteiger partial charge is 0.322 e. The van der Waals surface area contributed by atoms with E-state index in [-0.39, 0.29) is 24.1 Å². The maximum Gasteiger partial charge on any atom is 0.255 e. The van der Waals surface area contributed by atoms with Crippen LogP contribution in [0, 0.1) is 0 Å². The lowest BCUT2D eigenvalue weighted by Gasteiger charge is -2.30. The van der Waals surface area contributed by atoms with E-state index < -0.39 is 6.04 Å². The Kier molecular flexibility index (Phi) is 5.90. The van der Waals surface area contributed by atoms with Crippen molar-refractivity contribution in [2.75, 3.05) is 13.1 Å². The molecule has 2 N–H and O–H groups in total. The molecule has 4 aliphatic rings. The van der Waals surface area contributed by atoms with Gasteiger partial charge >= 0.3 is 0 Å². The van der Waals surface area contributed by atoms with Crippen molar-refractivity contribution in [1.29, 1.82) is 0 Å². The Bertz CT molecular complexity index is 1150. The Balaban J connectivity index is 1.20. The lowest BCUT2D eigenvalue weighted by molar-refractivity contribution is -0.136. The second kappa shape index (κ2) is 9.21. The molecule has 7 nitrogen and oxygen atoms in total. The molecule has 3 unspecified atom stereocenters. The van der Waals surface area contributed by atoms with Gasteiger partial charge in [0.2, 0.25) is 11.8 Å². The van der Waals surface area contributed by atoms with E-state index >= 15 is 0 Å². The maximum absolute atomic E-state index is 13.1. The summed E-state index contributed by atoms with van der Waals surface area (Å²) < 4.78 is 0. The number of nitrogens with one attached hydrogen (secondary N) is 2. The highest BCUT2D eigenvalue weighted by molar-refractivity contribution is 6.05. The molecule has 3 fully saturated rings. The first-order valence-electron chi connectivity index (χ1n) is 12.8. The number of hydrogen-bond acceptors (Lipinski definition) is 5. The number of carbonyl (C=O) groups is 3. The molecule has 4 atom stereocenters. The van der Waals surface area contributed by atoms with Gasteiger partial charge in [0.15, 0.2) is 0 Å². The molecule has 4 heterocycles. The third kappa shape index (κ3) is 4.39. The molecule has 4 aliphatic heterocycles. The third-order valence-electron chi connectivity index (χ3n) is 8.25. The number of carbonyl (C=O) groups excluding carboxylic acids is 3. The van der Waals surface area contributed by atoms with Crippen molar-refractivity contribution in [3.8, 4) is 0 Å². The van der Waals surface area contributed by atoms with Gasteiger partial charge in [-0.1, -0.05) is 42.5 Å². The number of fused-ring (bicyclic) bond motifs is 4. The minimum absolute atomic E-state index is 0.102. The van der Waals surface area contributed by atoms with Crippen LogP contribution in [0.2, 0.25) is 0 Å². The normalized spacial score (nSPS) is 29.0. The molecule has 3 saturated heterocycles. The van der Waals surface area contributed by atoms with Crippen LogP contribution in [0.4, 0.5) is 0 Å². The Morgan fingerprint density at radius 1 is 0.971 bits per heavy atom. The molecule has 0 radical (unpaired) electrons. The SMILES string of the molecule is O=C1CCC(N2Cc3cc(C4CC5CN(Cc6ccccc6)[C@H](CCN5)C4)ccc3C2=O)C(=O)N1. The van der Waals surface area contributed by atoms with Crippen molar-refractivity contribution in [3.05, 3.63) is 70.8 Å². The zero-order chi connectivity index (χ0) is 23.9. The summed E-state index contributed by atoms with van der Waals surface area (Å²) in [6.45, 7) is 3.54. The summed E-state index contributed by atoms with van der Waals surface area (Å²) in [6.07, 6.45) is 4.03. The molecule has 6 rings (SSSR count). The number of nitrogens with zero attached hydrogens (tertiary/aromatic N) is 2. The van der Waals surface area contributed by atoms with Gasteiger partial charge in [-0.25, -0.2) is 0 Å². The highest BCUT2D eigenvalue weighted by Crippen LogP contribution is 2.37. The molecule has 0 aromatic heterocycles. The van der Waals surface area contributed by atoms with Crippen LogP contribution in [0.1, 0.15) is 65.1 Å². The summed E-state index contributed by atoms with van der Waals surface area (Å²) in [4.78, 5) is 41.3. The molecule has 0 spiro atoms. The summed E-state index contributed by atoms with van der Waals surface area (Å²) in [5, 5.41) is 6.15. The third-order valence-corrected chi connectivity index (χ3v) is 8.25. The van der Waals surface area contributed by atoms with E-state index in [1.165, 1.54) is 11.1 Å². The zero-order valence-corrected chi connectivity index (χ0v) is 19.9. The molecule has 2 aromatic rings. The van der Waals surface area contributed by atoms with Gasteiger partial charge in [0.25, 0.3) is 5.91 Å². The van der Waals surface area contributed by atoms with Crippen molar-refractivity contribution < 1.29 is 14.4 Å². The number of benzene rings is 2. The number of rotatable bonds is 4. The fourth-order valence-electron chi connectivity index (χ4n) is 6.46. The van der Waals surface area contributed by atoms with E-state index in [1.54, 1.807) is 4.90 Å². The summed E-state index contributed by atoms with van der Waals surface area (Å²) in [5.41, 5.74) is 4.35. The lowest BCUT2D eigenvalue weighted by atomic mass is 9.85. The highest BCUT2D eigenvalue weighted by atomic mass is 16.2. The van der Waals surface area contributed by atoms with E-state index in [9.17, 15) is 14.4 Å². The molecule has 7 heteroatoms. The van der Waals surface area contributed by atoms with Crippen molar-refractivity contribution in [2.45, 2.75) is 69.2 Å². The average molecular weight is 473 g/mol. The number of imide groups is 1. The Morgan fingerprint density at radius 2 is 1.83 bits per heavy atom. The number of amides is 3. The summed E-state index contributed by atoms with van der Waals surface area (Å²) in [6, 6.07) is 17.4. The second-order valence-electron chi connectivity index (χ2n) is 10.5. The summed E-state index contributed by atoms with van der Waals surface area (Å²) in [5.74, 6) is -0.284. The molecular formula is C28H32N4O3. The zero-order valence-electron chi connectivity index (χ0n) is 19.9. The molecule has 182 valence electrons. The van der Waals surface area contributed by atoms with Crippen molar-refractivity contribution >= 4 is 17.7 Å². The first-order valence-corrected chi connectivity index (χ1v) is 12.8. The van der Waals surface area contributed by atoms with Crippen LogP contribution >= 0.6 is 0 Å².